The summed E-state index contributed by atoms with van der Waals surface area (Å²) in [5.41, 5.74) is 2.54. The maximum Gasteiger partial charge on any atom is 0.349 e. The molecular formula is C20H16ClNO3S. The number of thiophene rings is 1. The molecule has 0 fully saturated rings. The molecule has 0 saturated carbocycles. The zero-order valence-corrected chi connectivity index (χ0v) is 15.5. The molecule has 3 rings (SSSR count). The van der Waals surface area contributed by atoms with E-state index in [0.29, 0.717) is 14.9 Å². The van der Waals surface area contributed by atoms with E-state index in [4.69, 9.17) is 16.3 Å². The summed E-state index contributed by atoms with van der Waals surface area (Å²) in [6.45, 7) is 1.54. The van der Waals surface area contributed by atoms with E-state index in [1.54, 1.807) is 12.1 Å². The molecule has 1 atom stereocenters. The summed E-state index contributed by atoms with van der Waals surface area (Å²) in [5, 5.41) is 2.83. The third-order valence-corrected chi connectivity index (χ3v) is 4.91. The fourth-order valence-corrected chi connectivity index (χ4v) is 3.32. The van der Waals surface area contributed by atoms with E-state index < -0.39 is 18.0 Å². The average molecular weight is 386 g/mol. The minimum absolute atomic E-state index is 0.360. The van der Waals surface area contributed by atoms with Crippen molar-refractivity contribution < 1.29 is 14.3 Å². The van der Waals surface area contributed by atoms with Crippen molar-refractivity contribution >= 4 is 40.5 Å². The second-order valence-electron chi connectivity index (χ2n) is 5.55. The van der Waals surface area contributed by atoms with E-state index in [0.717, 1.165) is 22.5 Å². The zero-order valence-electron chi connectivity index (χ0n) is 13.9. The normalized spacial score (nSPS) is 11.6. The van der Waals surface area contributed by atoms with Crippen molar-refractivity contribution in [1.82, 2.24) is 0 Å². The number of hydrogen-bond acceptors (Lipinski definition) is 4. The third kappa shape index (κ3) is 4.31. The Hall–Kier alpha value is -2.63. The van der Waals surface area contributed by atoms with Crippen LogP contribution in [-0.4, -0.2) is 18.0 Å². The first-order chi connectivity index (χ1) is 12.5. The van der Waals surface area contributed by atoms with Crippen LogP contribution in [0.25, 0.3) is 11.1 Å². The summed E-state index contributed by atoms with van der Waals surface area (Å²) in [6, 6.07) is 20.4. The van der Waals surface area contributed by atoms with Crippen LogP contribution in [0.5, 0.6) is 0 Å². The van der Waals surface area contributed by atoms with Crippen LogP contribution in [0.1, 0.15) is 16.6 Å². The van der Waals surface area contributed by atoms with Crippen molar-refractivity contribution in [3.8, 4) is 11.1 Å². The highest BCUT2D eigenvalue weighted by Gasteiger charge is 2.21. The van der Waals surface area contributed by atoms with Gasteiger partial charge in [0, 0.05) is 11.3 Å². The van der Waals surface area contributed by atoms with Gasteiger partial charge in [-0.1, -0.05) is 60.1 Å². The number of carbonyl (C=O) groups excluding carboxylic acids is 2. The van der Waals surface area contributed by atoms with Crippen LogP contribution in [0.2, 0.25) is 4.34 Å². The lowest BCUT2D eigenvalue weighted by Crippen LogP contribution is -2.30. The molecule has 0 aliphatic heterocycles. The number of para-hydroxylation sites is 1. The molecule has 1 heterocycles. The number of carbonyl (C=O) groups is 2. The minimum atomic E-state index is -0.938. The van der Waals surface area contributed by atoms with Gasteiger partial charge in [-0.3, -0.25) is 4.79 Å². The first-order valence-electron chi connectivity index (χ1n) is 7.96. The number of hydrogen-bond donors (Lipinski definition) is 1. The lowest BCUT2D eigenvalue weighted by molar-refractivity contribution is -0.123. The maximum absolute atomic E-state index is 12.5. The number of benzene rings is 2. The summed E-state index contributed by atoms with van der Waals surface area (Å²) < 4.78 is 5.72. The number of esters is 1. The monoisotopic (exact) mass is 385 g/mol. The standard InChI is InChI=1S/C20H16ClNO3S/c1-13(25-20(24)17-11-12-18(21)26-17)19(23)22-16-10-6-5-9-15(16)14-7-3-2-4-8-14/h2-13H,1H3,(H,22,23)/t13-/m1/s1. The lowest BCUT2D eigenvalue weighted by atomic mass is 10.0. The highest BCUT2D eigenvalue weighted by atomic mass is 35.5. The second-order valence-corrected chi connectivity index (χ2v) is 7.27. The Morgan fingerprint density at radius 2 is 1.69 bits per heavy atom. The van der Waals surface area contributed by atoms with E-state index in [9.17, 15) is 9.59 Å². The third-order valence-electron chi connectivity index (χ3n) is 3.70. The Labute approximate surface area is 160 Å². The Kier molecular flexibility index (Phi) is 5.71. The topological polar surface area (TPSA) is 55.4 Å². The number of rotatable bonds is 5. The lowest BCUT2D eigenvalue weighted by Gasteiger charge is -2.15. The van der Waals surface area contributed by atoms with E-state index >= 15 is 0 Å². The number of amides is 1. The van der Waals surface area contributed by atoms with Gasteiger partial charge >= 0.3 is 5.97 Å². The smallest absolute Gasteiger partial charge is 0.349 e. The molecular weight excluding hydrogens is 370 g/mol. The quantitative estimate of drug-likeness (QED) is 0.610. The minimum Gasteiger partial charge on any atom is -0.448 e. The molecule has 2 aromatic carbocycles. The summed E-state index contributed by atoms with van der Waals surface area (Å²) >= 11 is 6.93. The zero-order chi connectivity index (χ0) is 18.5. The van der Waals surface area contributed by atoms with Crippen LogP contribution >= 0.6 is 22.9 Å². The van der Waals surface area contributed by atoms with Gasteiger partial charge in [0.2, 0.25) is 0 Å². The van der Waals surface area contributed by atoms with Crippen LogP contribution in [0, 0.1) is 0 Å². The summed E-state index contributed by atoms with van der Waals surface area (Å²) in [6.07, 6.45) is -0.938. The molecule has 4 nitrogen and oxygen atoms in total. The Balaban J connectivity index is 1.71. The fraction of sp³-hybridized carbons (Fsp3) is 0.100. The predicted octanol–water partition coefficient (Wildman–Crippen LogP) is 5.25. The van der Waals surface area contributed by atoms with Crippen molar-refractivity contribution in [2.45, 2.75) is 13.0 Å². The molecule has 0 unspecified atom stereocenters. The number of anilines is 1. The second kappa shape index (κ2) is 8.17. The van der Waals surface area contributed by atoms with E-state index in [2.05, 4.69) is 5.32 Å². The molecule has 0 aliphatic rings. The summed E-state index contributed by atoms with van der Waals surface area (Å²) in [5.74, 6) is -0.967. The SMILES string of the molecule is C[C@@H](OC(=O)c1ccc(Cl)s1)C(=O)Nc1ccccc1-c1ccccc1. The van der Waals surface area contributed by atoms with Gasteiger partial charge in [0.1, 0.15) is 4.88 Å². The Morgan fingerprint density at radius 3 is 2.38 bits per heavy atom. The maximum atomic E-state index is 12.5. The number of halogens is 1. The van der Waals surface area contributed by atoms with Gasteiger partial charge in [0.15, 0.2) is 6.10 Å². The van der Waals surface area contributed by atoms with Gasteiger partial charge in [-0.15, -0.1) is 11.3 Å². The molecule has 1 aromatic heterocycles. The van der Waals surface area contributed by atoms with Gasteiger partial charge < -0.3 is 10.1 Å². The highest BCUT2D eigenvalue weighted by molar-refractivity contribution is 7.17. The first kappa shape index (κ1) is 18.2. The van der Waals surface area contributed by atoms with Crippen molar-refractivity contribution in [3.63, 3.8) is 0 Å². The number of nitrogens with one attached hydrogen (secondary N) is 1. The molecule has 0 radical (unpaired) electrons. The molecule has 26 heavy (non-hydrogen) atoms. The van der Waals surface area contributed by atoms with Crippen molar-refractivity contribution in [2.24, 2.45) is 0 Å². The fourth-order valence-electron chi connectivity index (χ4n) is 2.39. The summed E-state index contributed by atoms with van der Waals surface area (Å²) in [7, 11) is 0. The van der Waals surface area contributed by atoms with Crippen molar-refractivity contribution in [2.75, 3.05) is 5.32 Å². The van der Waals surface area contributed by atoms with Gasteiger partial charge in [0.05, 0.1) is 4.34 Å². The molecule has 6 heteroatoms. The van der Waals surface area contributed by atoms with Crippen LogP contribution in [0.3, 0.4) is 0 Å². The number of ether oxygens (including phenoxy) is 1. The Bertz CT molecular complexity index is 924. The molecule has 0 bridgehead atoms. The molecule has 3 aromatic rings. The first-order valence-corrected chi connectivity index (χ1v) is 9.15. The van der Waals surface area contributed by atoms with E-state index in [1.807, 2.05) is 54.6 Å². The van der Waals surface area contributed by atoms with Crippen LogP contribution in [0.4, 0.5) is 5.69 Å². The van der Waals surface area contributed by atoms with Crippen LogP contribution in [-0.2, 0) is 9.53 Å². The van der Waals surface area contributed by atoms with Crippen molar-refractivity contribution in [3.05, 3.63) is 75.9 Å². The average Bonchev–Trinajstić information content (AvgIpc) is 3.09. The van der Waals surface area contributed by atoms with Crippen LogP contribution in [0.15, 0.2) is 66.7 Å². The highest BCUT2D eigenvalue weighted by Crippen LogP contribution is 2.28. The van der Waals surface area contributed by atoms with E-state index in [-0.39, 0.29) is 0 Å². The largest absolute Gasteiger partial charge is 0.448 e. The van der Waals surface area contributed by atoms with Gasteiger partial charge in [-0.2, -0.15) is 0 Å². The summed E-state index contributed by atoms with van der Waals surface area (Å²) in [4.78, 5) is 24.9. The predicted molar refractivity (Wildman–Crippen MR) is 105 cm³/mol. The van der Waals surface area contributed by atoms with Crippen LogP contribution < -0.4 is 5.32 Å². The van der Waals surface area contributed by atoms with Gasteiger partial charge in [-0.25, -0.2) is 4.79 Å². The van der Waals surface area contributed by atoms with E-state index in [1.165, 1.54) is 6.92 Å². The molecule has 1 N–H and O–H groups in total. The molecule has 0 saturated heterocycles. The van der Waals surface area contributed by atoms with Crippen molar-refractivity contribution in [1.29, 1.82) is 0 Å². The molecule has 0 spiro atoms. The Morgan fingerprint density at radius 1 is 1.00 bits per heavy atom. The molecule has 0 aliphatic carbocycles. The molecule has 1 amide bonds. The molecule has 132 valence electrons. The van der Waals surface area contributed by atoms with Gasteiger partial charge in [-0.05, 0) is 30.7 Å². The van der Waals surface area contributed by atoms with Gasteiger partial charge in [0.25, 0.3) is 5.91 Å².